The lowest BCUT2D eigenvalue weighted by atomic mass is 10.1. The Morgan fingerprint density at radius 1 is 1.14 bits per heavy atom. The fraction of sp³-hybridized carbons (Fsp3) is 0.647. The van der Waals surface area contributed by atoms with E-state index in [2.05, 4.69) is 12.2 Å². The first kappa shape index (κ1) is 17.8. The van der Waals surface area contributed by atoms with Gasteiger partial charge in [0, 0.05) is 18.7 Å². The van der Waals surface area contributed by atoms with Crippen LogP contribution in [0.4, 0.5) is 0 Å². The molecule has 0 aliphatic carbocycles. The Labute approximate surface area is 128 Å². The minimum Gasteiger partial charge on any atom is -0.497 e. The third-order valence-electron chi connectivity index (χ3n) is 3.32. The molecule has 0 aliphatic heterocycles. The maximum atomic E-state index is 8.74. The number of methoxy groups -OCH3 is 1. The maximum absolute atomic E-state index is 8.74. The number of nitrogens with one attached hydrogen (secondary N) is 1. The zero-order valence-electron chi connectivity index (χ0n) is 13.4. The van der Waals surface area contributed by atoms with E-state index in [0.717, 1.165) is 68.9 Å². The number of rotatable bonds is 12. The molecule has 4 nitrogen and oxygen atoms in total. The van der Waals surface area contributed by atoms with Crippen LogP contribution in [0.2, 0.25) is 0 Å². The molecule has 0 aromatic heterocycles. The number of hydrogen-bond donors (Lipinski definition) is 2. The summed E-state index contributed by atoms with van der Waals surface area (Å²) in [5.41, 5.74) is 1.14. The highest BCUT2D eigenvalue weighted by atomic mass is 16.5. The van der Waals surface area contributed by atoms with E-state index in [0.29, 0.717) is 0 Å². The largest absolute Gasteiger partial charge is 0.497 e. The van der Waals surface area contributed by atoms with Gasteiger partial charge < -0.3 is 19.9 Å². The lowest BCUT2D eigenvalue weighted by Crippen LogP contribution is -2.15. The first-order valence-electron chi connectivity index (χ1n) is 7.93. The van der Waals surface area contributed by atoms with E-state index in [-0.39, 0.29) is 6.61 Å². The van der Waals surface area contributed by atoms with Crippen molar-refractivity contribution < 1.29 is 14.6 Å². The van der Waals surface area contributed by atoms with Gasteiger partial charge in [0.2, 0.25) is 0 Å². The lowest BCUT2D eigenvalue weighted by Gasteiger charge is -2.13. The van der Waals surface area contributed by atoms with Gasteiger partial charge >= 0.3 is 0 Å². The van der Waals surface area contributed by atoms with Gasteiger partial charge in [-0.3, -0.25) is 0 Å². The number of aliphatic hydroxyl groups is 1. The summed E-state index contributed by atoms with van der Waals surface area (Å²) in [6.45, 7) is 4.95. The van der Waals surface area contributed by atoms with Crippen molar-refractivity contribution in [2.24, 2.45) is 0 Å². The second-order valence-corrected chi connectivity index (χ2v) is 5.14. The topological polar surface area (TPSA) is 50.7 Å². The second kappa shape index (κ2) is 11.4. The molecule has 0 fully saturated rings. The van der Waals surface area contributed by atoms with Crippen LogP contribution >= 0.6 is 0 Å². The molecule has 2 N–H and O–H groups in total. The van der Waals surface area contributed by atoms with Crippen molar-refractivity contribution in [2.75, 3.05) is 26.9 Å². The third kappa shape index (κ3) is 7.34. The summed E-state index contributed by atoms with van der Waals surface area (Å²) >= 11 is 0. The molecule has 4 heteroatoms. The van der Waals surface area contributed by atoms with Gasteiger partial charge in [-0.2, -0.15) is 0 Å². The van der Waals surface area contributed by atoms with E-state index in [9.17, 15) is 0 Å². The number of hydrogen-bond acceptors (Lipinski definition) is 4. The van der Waals surface area contributed by atoms with Crippen LogP contribution in [0.25, 0.3) is 0 Å². The molecule has 0 atom stereocenters. The monoisotopic (exact) mass is 295 g/mol. The molecule has 0 spiro atoms. The Kier molecular flexibility index (Phi) is 9.66. The van der Waals surface area contributed by atoms with Crippen molar-refractivity contribution in [3.63, 3.8) is 0 Å². The molecule has 1 rings (SSSR count). The van der Waals surface area contributed by atoms with Crippen LogP contribution in [0, 0.1) is 0 Å². The van der Waals surface area contributed by atoms with Crippen molar-refractivity contribution in [1.29, 1.82) is 0 Å². The van der Waals surface area contributed by atoms with E-state index in [1.54, 1.807) is 7.11 Å². The Morgan fingerprint density at radius 2 is 1.95 bits per heavy atom. The van der Waals surface area contributed by atoms with Crippen molar-refractivity contribution in [3.8, 4) is 11.5 Å². The minimum absolute atomic E-state index is 0.284. The molecule has 1 aromatic carbocycles. The van der Waals surface area contributed by atoms with Crippen LogP contribution in [0.3, 0.4) is 0 Å². The molecule has 0 aliphatic rings. The van der Waals surface area contributed by atoms with E-state index in [4.69, 9.17) is 14.6 Å². The van der Waals surface area contributed by atoms with Gasteiger partial charge in [-0.1, -0.05) is 13.3 Å². The molecular formula is C17H29NO3. The van der Waals surface area contributed by atoms with Crippen molar-refractivity contribution >= 4 is 0 Å². The second-order valence-electron chi connectivity index (χ2n) is 5.14. The third-order valence-corrected chi connectivity index (χ3v) is 3.32. The van der Waals surface area contributed by atoms with Gasteiger partial charge in [-0.15, -0.1) is 0 Å². The van der Waals surface area contributed by atoms with Crippen LogP contribution in [-0.2, 0) is 6.54 Å². The molecule has 0 radical (unpaired) electrons. The van der Waals surface area contributed by atoms with Crippen molar-refractivity contribution in [2.45, 2.75) is 45.6 Å². The number of benzene rings is 1. The molecule has 0 heterocycles. The highest BCUT2D eigenvalue weighted by Gasteiger charge is 2.05. The summed E-state index contributed by atoms with van der Waals surface area (Å²) in [4.78, 5) is 0. The highest BCUT2D eigenvalue weighted by molar-refractivity contribution is 5.40. The summed E-state index contributed by atoms with van der Waals surface area (Å²) < 4.78 is 11.2. The molecule has 0 saturated heterocycles. The summed E-state index contributed by atoms with van der Waals surface area (Å²) in [6.07, 6.45) is 5.18. The fourth-order valence-corrected chi connectivity index (χ4v) is 2.11. The van der Waals surface area contributed by atoms with E-state index < -0.39 is 0 Å². The van der Waals surface area contributed by atoms with Gasteiger partial charge in [0.05, 0.1) is 13.7 Å². The zero-order valence-corrected chi connectivity index (χ0v) is 13.4. The molecule has 120 valence electrons. The van der Waals surface area contributed by atoms with Crippen molar-refractivity contribution in [3.05, 3.63) is 23.8 Å². The van der Waals surface area contributed by atoms with Crippen molar-refractivity contribution in [1.82, 2.24) is 5.32 Å². The predicted octanol–water partition coefficient (Wildman–Crippen LogP) is 3.13. The van der Waals surface area contributed by atoms with Crippen LogP contribution in [0.1, 0.15) is 44.6 Å². The Bertz CT molecular complexity index is 382. The standard InChI is InChI=1S/C17H29NO3/c1-3-10-18-14-15-13-16(20-2)8-9-17(15)21-12-7-5-4-6-11-19/h8-9,13,18-19H,3-7,10-12,14H2,1-2H3. The molecular weight excluding hydrogens is 266 g/mol. The Hall–Kier alpha value is -1.26. The lowest BCUT2D eigenvalue weighted by molar-refractivity contribution is 0.272. The summed E-state index contributed by atoms with van der Waals surface area (Å²) in [7, 11) is 1.68. The molecule has 0 unspecified atom stereocenters. The van der Waals surface area contributed by atoms with Gasteiger partial charge in [-0.05, 0) is 50.4 Å². The molecule has 1 aromatic rings. The Balaban J connectivity index is 2.46. The summed E-state index contributed by atoms with van der Waals surface area (Å²) in [5.74, 6) is 1.79. The molecule has 21 heavy (non-hydrogen) atoms. The average Bonchev–Trinajstić information content (AvgIpc) is 2.52. The highest BCUT2D eigenvalue weighted by Crippen LogP contribution is 2.24. The molecule has 0 bridgehead atoms. The SMILES string of the molecule is CCCNCc1cc(OC)ccc1OCCCCCCO. The maximum Gasteiger partial charge on any atom is 0.124 e. The normalized spacial score (nSPS) is 10.6. The first-order valence-corrected chi connectivity index (χ1v) is 7.93. The van der Waals surface area contributed by atoms with Crippen LogP contribution in [0.15, 0.2) is 18.2 Å². The van der Waals surface area contributed by atoms with Gasteiger partial charge in [0.25, 0.3) is 0 Å². The van der Waals surface area contributed by atoms with Crippen LogP contribution in [-0.4, -0.2) is 32.0 Å². The van der Waals surface area contributed by atoms with Crippen LogP contribution in [0.5, 0.6) is 11.5 Å². The van der Waals surface area contributed by atoms with Gasteiger partial charge in [0.15, 0.2) is 0 Å². The molecule has 0 amide bonds. The van der Waals surface area contributed by atoms with E-state index in [1.165, 1.54) is 0 Å². The minimum atomic E-state index is 0.284. The quantitative estimate of drug-likeness (QED) is 0.582. The van der Waals surface area contributed by atoms with Crippen LogP contribution < -0.4 is 14.8 Å². The summed E-state index contributed by atoms with van der Waals surface area (Å²) in [6, 6.07) is 5.95. The molecule has 0 saturated carbocycles. The smallest absolute Gasteiger partial charge is 0.124 e. The average molecular weight is 295 g/mol. The number of aliphatic hydroxyl groups excluding tert-OH is 1. The zero-order chi connectivity index (χ0) is 15.3. The van der Waals surface area contributed by atoms with Gasteiger partial charge in [0.1, 0.15) is 11.5 Å². The number of ether oxygens (including phenoxy) is 2. The fourth-order valence-electron chi connectivity index (χ4n) is 2.11. The Morgan fingerprint density at radius 3 is 2.67 bits per heavy atom. The van der Waals surface area contributed by atoms with E-state index >= 15 is 0 Å². The van der Waals surface area contributed by atoms with Gasteiger partial charge in [-0.25, -0.2) is 0 Å². The summed E-state index contributed by atoms with van der Waals surface area (Å²) in [5, 5.41) is 12.1. The van der Waals surface area contributed by atoms with E-state index in [1.807, 2.05) is 18.2 Å². The number of unbranched alkanes of at least 4 members (excludes halogenated alkanes) is 3. The predicted molar refractivity (Wildman–Crippen MR) is 86.0 cm³/mol. The first-order chi connectivity index (χ1) is 10.3.